The highest BCUT2D eigenvalue weighted by Crippen LogP contribution is 2.20. The molecule has 12 heavy (non-hydrogen) atoms. The van der Waals surface area contributed by atoms with Gasteiger partial charge in [-0.2, -0.15) is 0 Å². The summed E-state index contributed by atoms with van der Waals surface area (Å²) < 4.78 is 0. The molecule has 0 aliphatic carbocycles. The third kappa shape index (κ3) is 2.06. The van der Waals surface area contributed by atoms with E-state index in [2.05, 4.69) is 5.32 Å². The van der Waals surface area contributed by atoms with Gasteiger partial charge in [-0.25, -0.2) is 0 Å². The Morgan fingerprint density at radius 2 is 2.17 bits per heavy atom. The molecule has 0 atom stereocenters. The van der Waals surface area contributed by atoms with Crippen LogP contribution in [0.2, 0.25) is 0 Å². The Bertz CT molecular complexity index is 319. The van der Waals surface area contributed by atoms with E-state index in [1.54, 1.807) is 12.1 Å². The number of thiophene rings is 1. The van der Waals surface area contributed by atoms with Gasteiger partial charge in [0.05, 0.1) is 9.88 Å². The molecular weight excluding hydrogens is 176 g/mol. The quantitative estimate of drug-likeness (QED) is 0.713. The van der Waals surface area contributed by atoms with Crippen molar-refractivity contribution in [3.05, 3.63) is 17.0 Å². The smallest absolute Gasteiger partial charge is 0.258 e. The summed E-state index contributed by atoms with van der Waals surface area (Å²) in [6, 6.07) is 3.23. The summed E-state index contributed by atoms with van der Waals surface area (Å²) in [6.07, 6.45) is 0. The lowest BCUT2D eigenvalue weighted by Crippen LogP contribution is -2.08. The Morgan fingerprint density at radius 3 is 2.58 bits per heavy atom. The van der Waals surface area contributed by atoms with Crippen LogP contribution in [0.5, 0.6) is 0 Å². The number of amides is 2. The minimum Gasteiger partial charge on any atom is -0.365 e. The van der Waals surface area contributed by atoms with Crippen molar-refractivity contribution in [2.75, 3.05) is 5.32 Å². The van der Waals surface area contributed by atoms with Crippen LogP contribution in [0.1, 0.15) is 16.6 Å². The number of hydrogen-bond donors (Lipinski definition) is 2. The van der Waals surface area contributed by atoms with Crippen LogP contribution in [-0.2, 0) is 4.79 Å². The highest BCUT2D eigenvalue weighted by Gasteiger charge is 2.04. The molecule has 0 radical (unpaired) electrons. The van der Waals surface area contributed by atoms with Crippen LogP contribution in [-0.4, -0.2) is 11.8 Å². The van der Waals surface area contributed by atoms with Crippen LogP contribution in [0.25, 0.3) is 0 Å². The molecule has 2 amide bonds. The minimum absolute atomic E-state index is 0.159. The standard InChI is InChI=1S/C7H8N2O2S/c1-4(10)9-6-3-2-5(12-6)7(8)11/h2-3H,1H3,(H2,8,11)(H,9,10). The van der Waals surface area contributed by atoms with Gasteiger partial charge in [-0.05, 0) is 12.1 Å². The molecule has 0 saturated carbocycles. The molecule has 0 unspecified atom stereocenters. The maximum absolute atomic E-state index is 10.6. The van der Waals surface area contributed by atoms with Crippen LogP contribution in [0.4, 0.5) is 5.00 Å². The van der Waals surface area contributed by atoms with Crippen LogP contribution in [0.3, 0.4) is 0 Å². The van der Waals surface area contributed by atoms with E-state index in [1.165, 1.54) is 6.92 Å². The Kier molecular flexibility index (Phi) is 2.44. The molecule has 1 heterocycles. The van der Waals surface area contributed by atoms with Crippen molar-refractivity contribution in [3.63, 3.8) is 0 Å². The van der Waals surface area contributed by atoms with E-state index >= 15 is 0 Å². The number of carbonyl (C=O) groups is 2. The minimum atomic E-state index is -0.475. The Morgan fingerprint density at radius 1 is 1.50 bits per heavy atom. The zero-order valence-electron chi connectivity index (χ0n) is 6.46. The topological polar surface area (TPSA) is 72.2 Å². The highest BCUT2D eigenvalue weighted by atomic mass is 32.1. The predicted molar refractivity (Wildman–Crippen MR) is 47.1 cm³/mol. The lowest BCUT2D eigenvalue weighted by molar-refractivity contribution is -0.114. The van der Waals surface area contributed by atoms with Gasteiger partial charge in [0.25, 0.3) is 5.91 Å². The lowest BCUT2D eigenvalue weighted by atomic mass is 10.4. The van der Waals surface area contributed by atoms with Crippen LogP contribution in [0.15, 0.2) is 12.1 Å². The van der Waals surface area contributed by atoms with E-state index in [0.717, 1.165) is 11.3 Å². The number of nitrogens with two attached hydrogens (primary N) is 1. The maximum atomic E-state index is 10.6. The molecule has 1 aromatic rings. The molecule has 5 heteroatoms. The van der Waals surface area contributed by atoms with Gasteiger partial charge in [0.2, 0.25) is 5.91 Å². The first-order chi connectivity index (χ1) is 5.59. The van der Waals surface area contributed by atoms with Gasteiger partial charge in [-0.1, -0.05) is 0 Å². The van der Waals surface area contributed by atoms with Crippen molar-refractivity contribution < 1.29 is 9.59 Å². The van der Waals surface area contributed by atoms with E-state index in [4.69, 9.17) is 5.73 Å². The van der Waals surface area contributed by atoms with E-state index in [0.29, 0.717) is 9.88 Å². The number of carbonyl (C=O) groups excluding carboxylic acids is 2. The summed E-state index contributed by atoms with van der Waals surface area (Å²) in [7, 11) is 0. The van der Waals surface area contributed by atoms with Gasteiger partial charge in [0, 0.05) is 6.92 Å². The summed E-state index contributed by atoms with van der Waals surface area (Å²) >= 11 is 1.16. The van der Waals surface area contributed by atoms with E-state index in [-0.39, 0.29) is 5.91 Å². The largest absolute Gasteiger partial charge is 0.365 e. The van der Waals surface area contributed by atoms with Gasteiger partial charge in [0.15, 0.2) is 0 Å². The van der Waals surface area contributed by atoms with E-state index in [1.807, 2.05) is 0 Å². The molecule has 4 nitrogen and oxygen atoms in total. The second-order valence-corrected chi connectivity index (χ2v) is 3.29. The zero-order valence-corrected chi connectivity index (χ0v) is 7.27. The fourth-order valence-electron chi connectivity index (χ4n) is 0.711. The van der Waals surface area contributed by atoms with Gasteiger partial charge in [0.1, 0.15) is 0 Å². The average molecular weight is 184 g/mol. The van der Waals surface area contributed by atoms with Gasteiger partial charge in [-0.15, -0.1) is 11.3 Å². The Balaban J connectivity index is 2.77. The SMILES string of the molecule is CC(=O)Nc1ccc(C(N)=O)s1. The molecule has 0 bridgehead atoms. The first kappa shape index (κ1) is 8.73. The predicted octanol–water partition coefficient (Wildman–Crippen LogP) is 0.805. The summed E-state index contributed by atoms with van der Waals surface area (Å²) in [4.78, 5) is 21.6. The highest BCUT2D eigenvalue weighted by molar-refractivity contribution is 7.18. The molecule has 0 aromatic carbocycles. The summed E-state index contributed by atoms with van der Waals surface area (Å²) in [6.45, 7) is 1.41. The number of hydrogen-bond acceptors (Lipinski definition) is 3. The third-order valence-electron chi connectivity index (χ3n) is 1.15. The lowest BCUT2D eigenvalue weighted by Gasteiger charge is -1.93. The molecule has 3 N–H and O–H groups in total. The molecule has 64 valence electrons. The van der Waals surface area contributed by atoms with Crippen molar-refractivity contribution in [1.29, 1.82) is 0 Å². The van der Waals surface area contributed by atoms with Crippen molar-refractivity contribution in [2.24, 2.45) is 5.73 Å². The summed E-state index contributed by atoms with van der Waals surface area (Å²) in [5, 5.41) is 3.19. The molecular formula is C7H8N2O2S. The average Bonchev–Trinajstić information content (AvgIpc) is 2.34. The summed E-state index contributed by atoms with van der Waals surface area (Å²) in [5.74, 6) is -0.635. The van der Waals surface area contributed by atoms with Crippen molar-refractivity contribution in [2.45, 2.75) is 6.92 Å². The molecule has 0 fully saturated rings. The van der Waals surface area contributed by atoms with Crippen molar-refractivity contribution in [3.8, 4) is 0 Å². The fraction of sp³-hybridized carbons (Fsp3) is 0.143. The fourth-order valence-corrected chi connectivity index (χ4v) is 1.52. The number of anilines is 1. The molecule has 0 aliphatic heterocycles. The van der Waals surface area contributed by atoms with Crippen LogP contribution >= 0.6 is 11.3 Å². The number of rotatable bonds is 2. The van der Waals surface area contributed by atoms with E-state index < -0.39 is 5.91 Å². The number of primary amides is 1. The molecule has 1 aromatic heterocycles. The van der Waals surface area contributed by atoms with Gasteiger partial charge < -0.3 is 11.1 Å². The van der Waals surface area contributed by atoms with E-state index in [9.17, 15) is 9.59 Å². The molecule has 0 saturated heterocycles. The van der Waals surface area contributed by atoms with Crippen LogP contribution in [0, 0.1) is 0 Å². The van der Waals surface area contributed by atoms with Crippen molar-refractivity contribution in [1.82, 2.24) is 0 Å². The molecule has 0 spiro atoms. The first-order valence-corrected chi connectivity index (χ1v) is 4.08. The molecule has 0 aliphatic rings. The van der Waals surface area contributed by atoms with Crippen molar-refractivity contribution >= 4 is 28.2 Å². The summed E-state index contributed by atoms with van der Waals surface area (Å²) in [5.41, 5.74) is 5.02. The molecule has 1 rings (SSSR count). The second kappa shape index (κ2) is 3.36. The van der Waals surface area contributed by atoms with Gasteiger partial charge >= 0.3 is 0 Å². The number of nitrogens with one attached hydrogen (secondary N) is 1. The first-order valence-electron chi connectivity index (χ1n) is 3.27. The van der Waals surface area contributed by atoms with Crippen LogP contribution < -0.4 is 11.1 Å². The maximum Gasteiger partial charge on any atom is 0.258 e. The Hall–Kier alpha value is -1.36. The second-order valence-electron chi connectivity index (χ2n) is 2.21. The van der Waals surface area contributed by atoms with Gasteiger partial charge in [-0.3, -0.25) is 9.59 Å². The third-order valence-corrected chi connectivity index (χ3v) is 2.16. The Labute approximate surface area is 73.4 Å². The zero-order chi connectivity index (χ0) is 9.14. The monoisotopic (exact) mass is 184 g/mol. The normalized spacial score (nSPS) is 9.42.